The first kappa shape index (κ1) is 24.3. The molecule has 36 heavy (non-hydrogen) atoms. The Kier molecular flexibility index (Phi) is 6.93. The molecule has 2 aliphatic heterocycles. The molecule has 0 atom stereocenters. The average molecular weight is 498 g/mol. The standard InChI is InChI=1S/C26H30F3N7/c1-19-8-6-9-20(18-19)22-31-24(35-12-4-2-3-5-13-35)33-25(32-22)36-16-14-34(15-17-36)23-21(26(27,28)29)10-7-11-30-23/h6-11,18H,2-5,12-17H2,1H3. The molecule has 4 heterocycles. The summed E-state index contributed by atoms with van der Waals surface area (Å²) in [6, 6.07) is 10.5. The minimum Gasteiger partial charge on any atom is -0.353 e. The Morgan fingerprint density at radius 1 is 0.722 bits per heavy atom. The average Bonchev–Trinajstić information content (AvgIpc) is 3.18. The van der Waals surface area contributed by atoms with Crippen LogP contribution in [0.2, 0.25) is 0 Å². The van der Waals surface area contributed by atoms with Crippen LogP contribution in [0.1, 0.15) is 36.8 Å². The first-order valence-corrected chi connectivity index (χ1v) is 12.5. The number of aromatic nitrogens is 4. The third kappa shape index (κ3) is 5.37. The Balaban J connectivity index is 1.42. The van der Waals surface area contributed by atoms with Gasteiger partial charge in [0.2, 0.25) is 11.9 Å². The molecule has 2 aliphatic rings. The van der Waals surface area contributed by atoms with E-state index in [0.29, 0.717) is 43.9 Å². The van der Waals surface area contributed by atoms with Gasteiger partial charge in [0.1, 0.15) is 5.82 Å². The largest absolute Gasteiger partial charge is 0.419 e. The van der Waals surface area contributed by atoms with E-state index in [1.54, 1.807) is 4.90 Å². The molecular weight excluding hydrogens is 467 g/mol. The molecule has 190 valence electrons. The number of nitrogens with zero attached hydrogens (tertiary/aromatic N) is 7. The minimum atomic E-state index is -4.44. The highest BCUT2D eigenvalue weighted by Crippen LogP contribution is 2.35. The minimum absolute atomic E-state index is 0.0222. The zero-order valence-electron chi connectivity index (χ0n) is 20.4. The van der Waals surface area contributed by atoms with Crippen molar-refractivity contribution in [2.45, 2.75) is 38.8 Å². The van der Waals surface area contributed by atoms with E-state index in [-0.39, 0.29) is 5.82 Å². The molecule has 0 amide bonds. The molecule has 0 saturated carbocycles. The van der Waals surface area contributed by atoms with Gasteiger partial charge >= 0.3 is 6.18 Å². The van der Waals surface area contributed by atoms with Crippen LogP contribution in [0, 0.1) is 6.92 Å². The van der Waals surface area contributed by atoms with Crippen molar-refractivity contribution in [3.05, 3.63) is 53.7 Å². The number of aryl methyl sites for hydroxylation is 1. The number of pyridine rings is 1. The van der Waals surface area contributed by atoms with Gasteiger partial charge in [-0.2, -0.15) is 28.1 Å². The van der Waals surface area contributed by atoms with Crippen molar-refractivity contribution in [2.24, 2.45) is 0 Å². The van der Waals surface area contributed by atoms with E-state index in [1.807, 2.05) is 30.0 Å². The van der Waals surface area contributed by atoms with Gasteiger partial charge in [0.25, 0.3) is 0 Å². The first-order chi connectivity index (χ1) is 17.4. The van der Waals surface area contributed by atoms with E-state index >= 15 is 0 Å². The maximum Gasteiger partial charge on any atom is 0.419 e. The third-order valence-corrected chi connectivity index (χ3v) is 6.73. The van der Waals surface area contributed by atoms with Crippen molar-refractivity contribution < 1.29 is 13.2 Å². The molecular formula is C26H30F3N7. The highest BCUT2D eigenvalue weighted by atomic mass is 19.4. The number of alkyl halides is 3. The Labute approximate surface area is 209 Å². The van der Waals surface area contributed by atoms with Crippen molar-refractivity contribution in [1.82, 2.24) is 19.9 Å². The molecule has 7 nitrogen and oxygen atoms in total. The maximum atomic E-state index is 13.5. The molecule has 0 bridgehead atoms. The van der Waals surface area contributed by atoms with Crippen molar-refractivity contribution in [2.75, 3.05) is 54.0 Å². The number of anilines is 3. The highest BCUT2D eigenvalue weighted by Gasteiger charge is 2.36. The van der Waals surface area contributed by atoms with Gasteiger partial charge in [0.15, 0.2) is 5.82 Å². The van der Waals surface area contributed by atoms with Gasteiger partial charge in [-0.05, 0) is 38.0 Å². The van der Waals surface area contributed by atoms with E-state index in [2.05, 4.69) is 16.0 Å². The summed E-state index contributed by atoms with van der Waals surface area (Å²) in [6.07, 6.45) is 1.57. The second kappa shape index (κ2) is 10.3. The monoisotopic (exact) mass is 497 g/mol. The summed E-state index contributed by atoms with van der Waals surface area (Å²) in [5, 5.41) is 0. The van der Waals surface area contributed by atoms with Crippen LogP contribution in [0.5, 0.6) is 0 Å². The molecule has 0 aliphatic carbocycles. The zero-order chi connectivity index (χ0) is 25.1. The molecule has 10 heteroatoms. The van der Waals surface area contributed by atoms with E-state index < -0.39 is 11.7 Å². The molecule has 0 radical (unpaired) electrons. The topological polar surface area (TPSA) is 61.3 Å². The molecule has 1 aromatic carbocycles. The fourth-order valence-corrected chi connectivity index (χ4v) is 4.81. The molecule has 0 N–H and O–H groups in total. The summed E-state index contributed by atoms with van der Waals surface area (Å²) in [7, 11) is 0. The van der Waals surface area contributed by atoms with Gasteiger partial charge in [-0.1, -0.05) is 36.6 Å². The van der Waals surface area contributed by atoms with Gasteiger partial charge < -0.3 is 14.7 Å². The summed E-state index contributed by atoms with van der Waals surface area (Å²) in [6.45, 7) is 5.62. The van der Waals surface area contributed by atoms with E-state index in [4.69, 9.17) is 15.0 Å². The predicted molar refractivity (Wildman–Crippen MR) is 134 cm³/mol. The van der Waals surface area contributed by atoms with Crippen LogP contribution in [-0.2, 0) is 6.18 Å². The van der Waals surface area contributed by atoms with E-state index in [0.717, 1.165) is 43.1 Å². The SMILES string of the molecule is Cc1cccc(-c2nc(N3CCCCCC3)nc(N3CCN(c4ncccc4C(F)(F)F)CC3)n2)c1. The summed E-state index contributed by atoms with van der Waals surface area (Å²) < 4.78 is 40.6. The van der Waals surface area contributed by atoms with Crippen LogP contribution in [0.3, 0.4) is 0 Å². The number of piperazine rings is 1. The Hall–Kier alpha value is -3.43. The predicted octanol–water partition coefficient (Wildman–Crippen LogP) is 4.97. The van der Waals surface area contributed by atoms with Crippen molar-refractivity contribution in [3.8, 4) is 11.4 Å². The van der Waals surface area contributed by atoms with Crippen LogP contribution in [-0.4, -0.2) is 59.2 Å². The lowest BCUT2D eigenvalue weighted by molar-refractivity contribution is -0.137. The van der Waals surface area contributed by atoms with Gasteiger partial charge in [-0.3, -0.25) is 0 Å². The molecule has 2 fully saturated rings. The van der Waals surface area contributed by atoms with Crippen molar-refractivity contribution in [1.29, 1.82) is 0 Å². The molecule has 5 rings (SSSR count). The Bertz CT molecular complexity index is 1180. The van der Waals surface area contributed by atoms with Crippen LogP contribution in [0.25, 0.3) is 11.4 Å². The quantitative estimate of drug-likeness (QED) is 0.505. The van der Waals surface area contributed by atoms with E-state index in [9.17, 15) is 13.2 Å². The fourth-order valence-electron chi connectivity index (χ4n) is 4.81. The summed E-state index contributed by atoms with van der Waals surface area (Å²) in [5.41, 5.74) is 1.34. The Morgan fingerprint density at radius 2 is 1.36 bits per heavy atom. The number of benzene rings is 1. The number of rotatable bonds is 4. The molecule has 2 saturated heterocycles. The van der Waals surface area contributed by atoms with Crippen LogP contribution in [0.4, 0.5) is 30.9 Å². The van der Waals surface area contributed by atoms with Crippen molar-refractivity contribution >= 4 is 17.7 Å². The lowest BCUT2D eigenvalue weighted by Gasteiger charge is -2.36. The summed E-state index contributed by atoms with van der Waals surface area (Å²) in [5.74, 6) is 1.84. The third-order valence-electron chi connectivity index (χ3n) is 6.73. The zero-order valence-corrected chi connectivity index (χ0v) is 20.4. The van der Waals surface area contributed by atoms with Crippen LogP contribution < -0.4 is 14.7 Å². The van der Waals surface area contributed by atoms with Gasteiger partial charge in [0, 0.05) is 51.0 Å². The molecule has 2 aromatic heterocycles. The van der Waals surface area contributed by atoms with Crippen LogP contribution in [0.15, 0.2) is 42.6 Å². The second-order valence-corrected chi connectivity index (χ2v) is 9.38. The second-order valence-electron chi connectivity index (χ2n) is 9.38. The first-order valence-electron chi connectivity index (χ1n) is 12.5. The fraction of sp³-hybridized carbons (Fsp3) is 0.462. The van der Waals surface area contributed by atoms with Gasteiger partial charge in [0.05, 0.1) is 5.56 Å². The van der Waals surface area contributed by atoms with E-state index in [1.165, 1.54) is 25.1 Å². The normalized spacial score (nSPS) is 17.3. The number of hydrogen-bond acceptors (Lipinski definition) is 7. The summed E-state index contributed by atoms with van der Waals surface area (Å²) >= 11 is 0. The number of halogens is 3. The Morgan fingerprint density at radius 3 is 2.00 bits per heavy atom. The summed E-state index contributed by atoms with van der Waals surface area (Å²) in [4.78, 5) is 24.5. The lowest BCUT2D eigenvalue weighted by Crippen LogP contribution is -2.48. The van der Waals surface area contributed by atoms with Crippen LogP contribution >= 0.6 is 0 Å². The molecule has 3 aromatic rings. The maximum absolute atomic E-state index is 13.5. The number of hydrogen-bond donors (Lipinski definition) is 0. The molecule has 0 spiro atoms. The lowest BCUT2D eigenvalue weighted by atomic mass is 10.1. The van der Waals surface area contributed by atoms with Crippen molar-refractivity contribution in [3.63, 3.8) is 0 Å². The van der Waals surface area contributed by atoms with Gasteiger partial charge in [-0.15, -0.1) is 0 Å². The molecule has 0 unspecified atom stereocenters. The van der Waals surface area contributed by atoms with Gasteiger partial charge in [-0.25, -0.2) is 4.98 Å². The smallest absolute Gasteiger partial charge is 0.353 e. The highest BCUT2D eigenvalue weighted by molar-refractivity contribution is 5.60.